The summed E-state index contributed by atoms with van der Waals surface area (Å²) in [6.07, 6.45) is 5.42. The summed E-state index contributed by atoms with van der Waals surface area (Å²) in [6, 6.07) is 6.10. The summed E-state index contributed by atoms with van der Waals surface area (Å²) in [5, 5.41) is 3.24. The van der Waals surface area contributed by atoms with Crippen LogP contribution in [0.25, 0.3) is 5.69 Å². The summed E-state index contributed by atoms with van der Waals surface area (Å²) in [5.74, 6) is 2.71. The largest absolute Gasteiger partial charge is 0.494 e. The van der Waals surface area contributed by atoms with Gasteiger partial charge in [0.05, 0.1) is 37.1 Å². The third-order valence-corrected chi connectivity index (χ3v) is 4.64. The highest BCUT2D eigenvalue weighted by molar-refractivity contribution is 5.64. The number of hydrogen-bond donors (Lipinski definition) is 1. The van der Waals surface area contributed by atoms with E-state index < -0.39 is 0 Å². The molecule has 3 heterocycles. The van der Waals surface area contributed by atoms with Gasteiger partial charge in [0.15, 0.2) is 11.6 Å². The summed E-state index contributed by atoms with van der Waals surface area (Å²) < 4.78 is 13.2. The van der Waals surface area contributed by atoms with E-state index in [-0.39, 0.29) is 6.04 Å². The minimum absolute atomic E-state index is 0.262. The van der Waals surface area contributed by atoms with Gasteiger partial charge in [-0.2, -0.15) is 4.98 Å². The topological polar surface area (TPSA) is 77.3 Å². The van der Waals surface area contributed by atoms with E-state index in [1.54, 1.807) is 19.6 Å². The molecule has 1 unspecified atom stereocenters. The van der Waals surface area contributed by atoms with E-state index in [9.17, 15) is 0 Å². The summed E-state index contributed by atoms with van der Waals surface area (Å²) in [4.78, 5) is 15.3. The maximum atomic E-state index is 5.69. The molecular weight excluding hydrogens is 344 g/mol. The molecule has 0 radical (unpaired) electrons. The van der Waals surface area contributed by atoms with Crippen LogP contribution in [0, 0.1) is 6.92 Å². The lowest BCUT2D eigenvalue weighted by atomic mass is 10.2. The normalized spacial score (nSPS) is 15.9. The third-order valence-electron chi connectivity index (χ3n) is 4.64. The fraction of sp³-hybridized carbons (Fsp3) is 0.316. The number of likely N-dealkylation sites (N-methyl/N-ethyl adjacent to an activating group) is 1. The van der Waals surface area contributed by atoms with Crippen LogP contribution in [-0.2, 0) is 0 Å². The maximum Gasteiger partial charge on any atom is 0.229 e. The molecule has 0 amide bonds. The van der Waals surface area contributed by atoms with Gasteiger partial charge in [0, 0.05) is 25.0 Å². The number of aromatic nitrogens is 4. The van der Waals surface area contributed by atoms with E-state index in [1.165, 1.54) is 0 Å². The van der Waals surface area contributed by atoms with Crippen LogP contribution < -0.4 is 19.7 Å². The number of ether oxygens (including phenoxy) is 2. The van der Waals surface area contributed by atoms with Gasteiger partial charge in [-0.15, -0.1) is 0 Å². The Bertz CT molecular complexity index is 971. The SMILES string of the molecule is COc1cc(Nc2ncc3c(n2)N(C)C(C)CO3)ccc1-n1cnc(C)c1. The van der Waals surface area contributed by atoms with Crippen molar-refractivity contribution in [3.8, 4) is 17.2 Å². The second-order valence-corrected chi connectivity index (χ2v) is 6.59. The van der Waals surface area contributed by atoms with E-state index in [1.807, 2.05) is 42.9 Å². The predicted molar refractivity (Wildman–Crippen MR) is 104 cm³/mol. The molecule has 0 saturated carbocycles. The number of aryl methyl sites for hydroxylation is 1. The summed E-state index contributed by atoms with van der Waals surface area (Å²) in [5.41, 5.74) is 2.69. The number of benzene rings is 1. The number of imidazole rings is 1. The van der Waals surface area contributed by atoms with Crippen molar-refractivity contribution in [1.29, 1.82) is 0 Å². The van der Waals surface area contributed by atoms with Crippen LogP contribution in [0.15, 0.2) is 36.9 Å². The first-order valence-electron chi connectivity index (χ1n) is 8.74. The Balaban J connectivity index is 1.62. The maximum absolute atomic E-state index is 5.69. The van der Waals surface area contributed by atoms with E-state index in [0.717, 1.165) is 28.6 Å². The van der Waals surface area contributed by atoms with Crippen LogP contribution in [0.5, 0.6) is 11.5 Å². The molecule has 8 heteroatoms. The monoisotopic (exact) mass is 366 g/mol. The summed E-state index contributed by atoms with van der Waals surface area (Å²) in [6.45, 7) is 4.68. The minimum Gasteiger partial charge on any atom is -0.494 e. The van der Waals surface area contributed by atoms with Crippen LogP contribution in [-0.4, -0.2) is 46.3 Å². The van der Waals surface area contributed by atoms with Crippen molar-refractivity contribution < 1.29 is 9.47 Å². The minimum atomic E-state index is 0.262. The van der Waals surface area contributed by atoms with Crippen molar-refractivity contribution >= 4 is 17.5 Å². The van der Waals surface area contributed by atoms with E-state index in [0.29, 0.717) is 18.3 Å². The highest BCUT2D eigenvalue weighted by Crippen LogP contribution is 2.32. The molecular formula is C19H22N6O2. The number of anilines is 3. The summed E-state index contributed by atoms with van der Waals surface area (Å²) >= 11 is 0. The van der Waals surface area contributed by atoms with Crippen molar-refractivity contribution in [2.24, 2.45) is 0 Å². The van der Waals surface area contributed by atoms with Crippen molar-refractivity contribution in [1.82, 2.24) is 19.5 Å². The second kappa shape index (κ2) is 6.79. The van der Waals surface area contributed by atoms with Gasteiger partial charge >= 0.3 is 0 Å². The molecule has 1 N–H and O–H groups in total. The Morgan fingerprint density at radius 1 is 1.30 bits per heavy atom. The Kier molecular flexibility index (Phi) is 4.31. The van der Waals surface area contributed by atoms with Gasteiger partial charge in [-0.3, -0.25) is 0 Å². The first-order valence-corrected chi connectivity index (χ1v) is 8.74. The molecule has 27 heavy (non-hydrogen) atoms. The number of methoxy groups -OCH3 is 1. The molecule has 1 atom stereocenters. The highest BCUT2D eigenvalue weighted by Gasteiger charge is 2.23. The average Bonchev–Trinajstić information content (AvgIpc) is 3.11. The zero-order valence-corrected chi connectivity index (χ0v) is 15.8. The van der Waals surface area contributed by atoms with Gasteiger partial charge in [0.2, 0.25) is 5.95 Å². The highest BCUT2D eigenvalue weighted by atomic mass is 16.5. The lowest BCUT2D eigenvalue weighted by Gasteiger charge is -2.32. The standard InChI is InChI=1S/C19H22N6O2/c1-12-9-25(11-21-12)15-6-5-14(7-16(15)26-4)22-19-20-8-17-18(23-19)24(3)13(2)10-27-17/h5-9,11,13H,10H2,1-4H3,(H,20,22,23). The zero-order chi connectivity index (χ0) is 19.0. The Hall–Kier alpha value is -3.29. The van der Waals surface area contributed by atoms with Crippen molar-refractivity contribution in [3.05, 3.63) is 42.6 Å². The van der Waals surface area contributed by atoms with E-state index in [2.05, 4.69) is 32.1 Å². The van der Waals surface area contributed by atoms with Gasteiger partial charge in [-0.1, -0.05) is 0 Å². The lowest BCUT2D eigenvalue weighted by Crippen LogP contribution is -2.38. The molecule has 8 nitrogen and oxygen atoms in total. The molecule has 0 saturated heterocycles. The number of fused-ring (bicyclic) bond motifs is 1. The van der Waals surface area contributed by atoms with Crippen LogP contribution >= 0.6 is 0 Å². The average molecular weight is 366 g/mol. The summed E-state index contributed by atoms with van der Waals surface area (Å²) in [7, 11) is 3.66. The van der Waals surface area contributed by atoms with Crippen molar-refractivity contribution in [2.45, 2.75) is 19.9 Å². The predicted octanol–water partition coefficient (Wildman–Crippen LogP) is 2.94. The van der Waals surface area contributed by atoms with Gasteiger partial charge in [0.25, 0.3) is 0 Å². The van der Waals surface area contributed by atoms with Gasteiger partial charge in [-0.05, 0) is 26.0 Å². The molecule has 4 rings (SSSR count). The van der Waals surface area contributed by atoms with Crippen molar-refractivity contribution in [3.63, 3.8) is 0 Å². The molecule has 1 aliphatic heterocycles. The number of nitrogens with zero attached hydrogens (tertiary/aromatic N) is 5. The Labute approximate surface area is 157 Å². The molecule has 140 valence electrons. The Morgan fingerprint density at radius 3 is 2.89 bits per heavy atom. The molecule has 0 aliphatic carbocycles. The first-order chi connectivity index (χ1) is 13.0. The molecule has 1 aliphatic rings. The first kappa shape index (κ1) is 17.1. The number of hydrogen-bond acceptors (Lipinski definition) is 7. The van der Waals surface area contributed by atoms with Crippen LogP contribution in [0.1, 0.15) is 12.6 Å². The van der Waals surface area contributed by atoms with E-state index in [4.69, 9.17) is 9.47 Å². The van der Waals surface area contributed by atoms with Crippen LogP contribution in [0.2, 0.25) is 0 Å². The fourth-order valence-electron chi connectivity index (χ4n) is 2.96. The zero-order valence-electron chi connectivity index (χ0n) is 15.8. The quantitative estimate of drug-likeness (QED) is 0.761. The molecule has 2 aromatic heterocycles. The number of rotatable bonds is 4. The van der Waals surface area contributed by atoms with Gasteiger partial charge in [0.1, 0.15) is 12.4 Å². The molecule has 0 spiro atoms. The third kappa shape index (κ3) is 3.25. The van der Waals surface area contributed by atoms with Crippen LogP contribution in [0.3, 0.4) is 0 Å². The Morgan fingerprint density at radius 2 is 2.15 bits per heavy atom. The molecule has 0 fully saturated rings. The lowest BCUT2D eigenvalue weighted by molar-refractivity contribution is 0.271. The fourth-order valence-corrected chi connectivity index (χ4v) is 2.96. The molecule has 1 aromatic carbocycles. The van der Waals surface area contributed by atoms with Gasteiger partial charge in [-0.25, -0.2) is 9.97 Å². The smallest absolute Gasteiger partial charge is 0.229 e. The van der Waals surface area contributed by atoms with Gasteiger partial charge < -0.3 is 24.3 Å². The van der Waals surface area contributed by atoms with Crippen LogP contribution in [0.4, 0.5) is 17.5 Å². The van der Waals surface area contributed by atoms with E-state index >= 15 is 0 Å². The molecule has 3 aromatic rings. The second-order valence-electron chi connectivity index (χ2n) is 6.59. The molecule has 0 bridgehead atoms. The van der Waals surface area contributed by atoms with Crippen molar-refractivity contribution in [2.75, 3.05) is 31.0 Å². The number of nitrogens with one attached hydrogen (secondary N) is 1.